The molecule has 2 atom stereocenters. The van der Waals surface area contributed by atoms with Gasteiger partial charge in [0, 0.05) is 17.8 Å². The number of carbonyl (C=O) groups is 1. The van der Waals surface area contributed by atoms with Crippen molar-refractivity contribution in [3.8, 4) is 0 Å². The van der Waals surface area contributed by atoms with Crippen molar-refractivity contribution in [1.82, 2.24) is 4.90 Å². The van der Waals surface area contributed by atoms with Gasteiger partial charge in [0.05, 0.1) is 6.04 Å². The van der Waals surface area contributed by atoms with E-state index in [4.69, 9.17) is 0 Å². The van der Waals surface area contributed by atoms with Crippen molar-refractivity contribution in [3.63, 3.8) is 0 Å². The van der Waals surface area contributed by atoms with E-state index in [1.54, 1.807) is 0 Å². The fourth-order valence-corrected chi connectivity index (χ4v) is 4.27. The van der Waals surface area contributed by atoms with Gasteiger partial charge < -0.3 is 4.90 Å². The zero-order valence-electron chi connectivity index (χ0n) is 11.5. The molecule has 0 N–H and O–H groups in total. The van der Waals surface area contributed by atoms with Gasteiger partial charge in [0.25, 0.3) is 0 Å². The maximum absolute atomic E-state index is 12.6. The Bertz CT molecular complexity index is 491. The van der Waals surface area contributed by atoms with E-state index in [1.165, 1.54) is 10.4 Å². The number of thiophene rings is 1. The Kier molecular flexibility index (Phi) is 3.74. The van der Waals surface area contributed by atoms with Crippen LogP contribution in [-0.4, -0.2) is 17.4 Å². The number of amides is 1. The highest BCUT2D eigenvalue weighted by atomic mass is 32.1. The largest absolute Gasteiger partial charge is 0.335 e. The van der Waals surface area contributed by atoms with Crippen LogP contribution < -0.4 is 0 Å². The first-order valence-electron chi connectivity index (χ1n) is 7.32. The first-order chi connectivity index (χ1) is 9.29. The van der Waals surface area contributed by atoms with Gasteiger partial charge in [0.2, 0.25) is 5.91 Å². The van der Waals surface area contributed by atoms with Crippen LogP contribution in [0.5, 0.6) is 0 Å². The van der Waals surface area contributed by atoms with Gasteiger partial charge in [-0.15, -0.1) is 11.3 Å². The summed E-state index contributed by atoms with van der Waals surface area (Å²) in [6.45, 7) is 3.09. The summed E-state index contributed by atoms with van der Waals surface area (Å²) in [6, 6.07) is 2.52. The lowest BCUT2D eigenvalue weighted by Gasteiger charge is -2.36. The molecular weight excluding hydrogens is 254 g/mol. The molecule has 0 saturated heterocycles. The first-order valence-corrected chi connectivity index (χ1v) is 8.20. The molecule has 1 aromatic rings. The Morgan fingerprint density at radius 3 is 3.16 bits per heavy atom. The van der Waals surface area contributed by atoms with Gasteiger partial charge in [-0.3, -0.25) is 4.79 Å². The van der Waals surface area contributed by atoms with Crippen molar-refractivity contribution >= 4 is 17.2 Å². The molecular formula is C16H21NOS. The number of allylic oxidation sites excluding steroid dienone is 2. The molecule has 0 spiro atoms. The molecule has 1 aromatic heterocycles. The fourth-order valence-electron chi connectivity index (χ4n) is 3.34. The van der Waals surface area contributed by atoms with Crippen molar-refractivity contribution in [3.05, 3.63) is 34.0 Å². The highest BCUT2D eigenvalue weighted by molar-refractivity contribution is 7.10. The predicted molar refractivity (Wildman–Crippen MR) is 79.2 cm³/mol. The lowest BCUT2D eigenvalue weighted by Crippen LogP contribution is -2.39. The van der Waals surface area contributed by atoms with Gasteiger partial charge in [-0.25, -0.2) is 0 Å². The summed E-state index contributed by atoms with van der Waals surface area (Å²) in [5.41, 5.74) is 1.40. The Balaban J connectivity index is 1.73. The van der Waals surface area contributed by atoms with Gasteiger partial charge in [-0.2, -0.15) is 0 Å². The molecule has 0 radical (unpaired) electrons. The Morgan fingerprint density at radius 2 is 2.42 bits per heavy atom. The molecule has 102 valence electrons. The molecule has 2 nitrogen and oxygen atoms in total. The van der Waals surface area contributed by atoms with E-state index in [-0.39, 0.29) is 0 Å². The number of rotatable bonds is 3. The maximum Gasteiger partial charge on any atom is 0.223 e. The van der Waals surface area contributed by atoms with Crippen LogP contribution in [0.4, 0.5) is 0 Å². The van der Waals surface area contributed by atoms with Crippen molar-refractivity contribution in [2.24, 2.45) is 5.92 Å². The number of carbonyl (C=O) groups excluding carboxylic acids is 1. The molecule has 3 rings (SSSR count). The van der Waals surface area contributed by atoms with Crippen LogP contribution in [0, 0.1) is 5.92 Å². The van der Waals surface area contributed by atoms with Gasteiger partial charge >= 0.3 is 0 Å². The normalized spacial score (nSPS) is 25.6. The number of hydrogen-bond acceptors (Lipinski definition) is 2. The highest BCUT2D eigenvalue weighted by Crippen LogP contribution is 2.36. The topological polar surface area (TPSA) is 20.3 Å². The second-order valence-electron chi connectivity index (χ2n) is 5.53. The molecule has 19 heavy (non-hydrogen) atoms. The summed E-state index contributed by atoms with van der Waals surface area (Å²) in [7, 11) is 0. The van der Waals surface area contributed by atoms with Gasteiger partial charge in [0.15, 0.2) is 0 Å². The average Bonchev–Trinajstić information content (AvgIpc) is 3.07. The van der Waals surface area contributed by atoms with E-state index in [0.29, 0.717) is 24.3 Å². The van der Waals surface area contributed by atoms with Gasteiger partial charge in [-0.1, -0.05) is 19.1 Å². The molecule has 2 heterocycles. The van der Waals surface area contributed by atoms with Crippen LogP contribution in [0.1, 0.15) is 49.1 Å². The molecule has 3 heteroatoms. The highest BCUT2D eigenvalue weighted by Gasteiger charge is 2.31. The third kappa shape index (κ3) is 2.48. The monoisotopic (exact) mass is 275 g/mol. The standard InChI is InChI=1S/C16H21NOS/c1-2-14-13-8-10-19-15(13)7-9-17(14)16(18)11-12-5-3-4-6-12/h3,5,8,10,12,14H,2,4,6-7,9,11H2,1H3. The van der Waals surface area contributed by atoms with Crippen molar-refractivity contribution < 1.29 is 4.79 Å². The quantitative estimate of drug-likeness (QED) is 0.765. The molecule has 0 bridgehead atoms. The van der Waals surface area contributed by atoms with Crippen molar-refractivity contribution in [1.29, 1.82) is 0 Å². The number of fused-ring (bicyclic) bond motifs is 1. The molecule has 0 aromatic carbocycles. The van der Waals surface area contributed by atoms with Crippen molar-refractivity contribution in [2.75, 3.05) is 6.54 Å². The summed E-state index contributed by atoms with van der Waals surface area (Å²) in [5, 5.41) is 2.17. The molecule has 2 aliphatic rings. The third-order valence-electron chi connectivity index (χ3n) is 4.35. The van der Waals surface area contributed by atoms with E-state index < -0.39 is 0 Å². The third-order valence-corrected chi connectivity index (χ3v) is 5.35. The van der Waals surface area contributed by atoms with Gasteiger partial charge in [0.1, 0.15) is 0 Å². The molecule has 1 amide bonds. The minimum atomic E-state index is 0.313. The summed E-state index contributed by atoms with van der Waals surface area (Å²) in [5.74, 6) is 0.828. The molecule has 1 aliphatic carbocycles. The van der Waals surface area contributed by atoms with Crippen LogP contribution in [0.15, 0.2) is 23.6 Å². The van der Waals surface area contributed by atoms with Crippen molar-refractivity contribution in [2.45, 2.75) is 45.1 Å². The number of nitrogens with zero attached hydrogens (tertiary/aromatic N) is 1. The van der Waals surface area contributed by atoms with E-state index in [2.05, 4.69) is 35.4 Å². The zero-order valence-corrected chi connectivity index (χ0v) is 12.3. The van der Waals surface area contributed by atoms with E-state index in [9.17, 15) is 4.79 Å². The van der Waals surface area contributed by atoms with E-state index >= 15 is 0 Å². The lowest BCUT2D eigenvalue weighted by molar-refractivity contribution is -0.134. The molecule has 2 unspecified atom stereocenters. The van der Waals surface area contributed by atoms with Crippen LogP contribution in [0.3, 0.4) is 0 Å². The fraction of sp³-hybridized carbons (Fsp3) is 0.562. The second-order valence-corrected chi connectivity index (χ2v) is 6.53. The van der Waals surface area contributed by atoms with E-state index in [0.717, 1.165) is 32.2 Å². The summed E-state index contributed by atoms with van der Waals surface area (Å²) in [4.78, 5) is 16.2. The molecule has 0 fully saturated rings. The van der Waals surface area contributed by atoms with Gasteiger partial charge in [-0.05, 0) is 48.6 Å². The maximum atomic E-state index is 12.6. The molecule has 1 aliphatic heterocycles. The summed E-state index contributed by atoms with van der Waals surface area (Å²) in [6.07, 6.45) is 9.49. The minimum absolute atomic E-state index is 0.313. The number of hydrogen-bond donors (Lipinski definition) is 0. The van der Waals surface area contributed by atoms with Crippen LogP contribution >= 0.6 is 11.3 Å². The summed E-state index contributed by atoms with van der Waals surface area (Å²) < 4.78 is 0. The predicted octanol–water partition coefficient (Wildman–Crippen LogP) is 3.94. The van der Waals surface area contributed by atoms with Crippen LogP contribution in [0.2, 0.25) is 0 Å². The average molecular weight is 275 g/mol. The second kappa shape index (κ2) is 5.49. The Hall–Kier alpha value is -1.09. The molecule has 0 saturated carbocycles. The SMILES string of the molecule is CCC1c2ccsc2CCN1C(=O)CC1C=CCC1. The smallest absolute Gasteiger partial charge is 0.223 e. The van der Waals surface area contributed by atoms with Crippen LogP contribution in [-0.2, 0) is 11.2 Å². The first kappa shape index (κ1) is 12.9. The minimum Gasteiger partial charge on any atom is -0.335 e. The Morgan fingerprint density at radius 1 is 1.53 bits per heavy atom. The lowest BCUT2D eigenvalue weighted by atomic mass is 9.96. The zero-order chi connectivity index (χ0) is 13.2. The van der Waals surface area contributed by atoms with Crippen LogP contribution in [0.25, 0.3) is 0 Å². The van der Waals surface area contributed by atoms with E-state index in [1.807, 2.05) is 11.3 Å². The summed E-state index contributed by atoms with van der Waals surface area (Å²) >= 11 is 1.84. The Labute approximate surface area is 119 Å².